The topological polar surface area (TPSA) is 80.0 Å². The Morgan fingerprint density at radius 2 is 1.86 bits per heavy atom. The first-order valence-corrected chi connectivity index (χ1v) is 7.85. The number of anilines is 1. The van der Waals surface area contributed by atoms with Crippen molar-refractivity contribution in [2.75, 3.05) is 11.9 Å². The van der Waals surface area contributed by atoms with E-state index in [-0.39, 0.29) is 16.6 Å². The van der Waals surface area contributed by atoms with Gasteiger partial charge in [0.1, 0.15) is 12.4 Å². The second-order valence-corrected chi connectivity index (χ2v) is 5.68. The van der Waals surface area contributed by atoms with E-state index in [0.717, 1.165) is 11.6 Å². The lowest BCUT2D eigenvalue weighted by molar-refractivity contribution is -0.122. The first kappa shape index (κ1) is 21.4. The van der Waals surface area contributed by atoms with Crippen LogP contribution in [0.5, 0.6) is 0 Å². The predicted octanol–water partition coefficient (Wildman–Crippen LogP) is 4.83. The lowest BCUT2D eigenvalue weighted by Crippen LogP contribution is -2.36. The molecule has 12 heteroatoms. The summed E-state index contributed by atoms with van der Waals surface area (Å²) in [7, 11) is 0. The van der Waals surface area contributed by atoms with E-state index in [1.165, 1.54) is 24.7 Å². The average molecular weight is 423 g/mol. The highest BCUT2D eigenvalue weighted by molar-refractivity contribution is 6.28. The van der Waals surface area contributed by atoms with Crippen molar-refractivity contribution >= 4 is 34.3 Å². The number of urea groups is 1. The summed E-state index contributed by atoms with van der Waals surface area (Å²) >= 11 is 5.37. The van der Waals surface area contributed by atoms with E-state index < -0.39 is 30.4 Å². The van der Waals surface area contributed by atoms with Crippen LogP contribution in [0.25, 0.3) is 11.0 Å². The third-order valence-electron chi connectivity index (χ3n) is 3.11. The van der Waals surface area contributed by atoms with Crippen molar-refractivity contribution in [2.45, 2.75) is 13.1 Å². The minimum Gasteiger partial charge on any atom is -0.461 e. The summed E-state index contributed by atoms with van der Waals surface area (Å²) < 4.78 is 65.7. The number of hydrogen-bond donors (Lipinski definition) is 2. The number of fused-ring (bicyclic) bond motifs is 1. The Morgan fingerprint density at radius 3 is 2.46 bits per heavy atom. The van der Waals surface area contributed by atoms with Gasteiger partial charge in [0.15, 0.2) is 11.4 Å². The van der Waals surface area contributed by atoms with E-state index >= 15 is 0 Å². The van der Waals surface area contributed by atoms with Crippen molar-refractivity contribution in [3.63, 3.8) is 0 Å². The largest absolute Gasteiger partial charge is 0.461 e. The second kappa shape index (κ2) is 8.83. The van der Waals surface area contributed by atoms with E-state index in [0.29, 0.717) is 5.39 Å². The molecule has 0 bridgehead atoms. The van der Waals surface area contributed by atoms with Crippen LogP contribution in [0.3, 0.4) is 0 Å². The summed E-state index contributed by atoms with van der Waals surface area (Å²) in [5, 5.41) is 4.20. The van der Waals surface area contributed by atoms with Crippen molar-refractivity contribution in [1.29, 1.82) is 0 Å². The average Bonchev–Trinajstić information content (AvgIpc) is 2.97. The van der Waals surface area contributed by atoms with E-state index in [4.69, 9.17) is 16.0 Å². The normalized spacial score (nSPS) is 11.0. The van der Waals surface area contributed by atoms with E-state index in [2.05, 4.69) is 15.3 Å². The number of nitrogens with zero attached hydrogens (tertiary/aromatic N) is 2. The Hall–Kier alpha value is -2.95. The molecule has 3 rings (SSSR count). The van der Waals surface area contributed by atoms with Gasteiger partial charge >= 0.3 is 12.2 Å². The van der Waals surface area contributed by atoms with Crippen LogP contribution in [0.2, 0.25) is 5.28 Å². The molecule has 0 unspecified atom stereocenters. The third kappa shape index (κ3) is 6.34. The Kier molecular flexibility index (Phi) is 6.73. The van der Waals surface area contributed by atoms with Crippen LogP contribution in [0.15, 0.2) is 35.2 Å². The van der Waals surface area contributed by atoms with Gasteiger partial charge in [-0.25, -0.2) is 23.5 Å². The Balaban J connectivity index is 0.000000207. The Labute approximate surface area is 159 Å². The molecule has 0 saturated heterocycles. The van der Waals surface area contributed by atoms with Gasteiger partial charge in [0.05, 0.1) is 24.3 Å². The molecule has 0 aliphatic carbocycles. The quantitative estimate of drug-likeness (QED) is 0.458. The number of hydrogen-bond acceptors (Lipinski definition) is 4. The molecule has 28 heavy (non-hydrogen) atoms. The number of alkyl halides is 3. The Bertz CT molecular complexity index is 960. The molecule has 0 aliphatic heterocycles. The molecule has 150 valence electrons. The van der Waals surface area contributed by atoms with E-state index in [1.807, 2.05) is 0 Å². The fourth-order valence-electron chi connectivity index (χ4n) is 1.92. The molecule has 2 aromatic heterocycles. The second-order valence-electron chi connectivity index (χ2n) is 5.35. The highest BCUT2D eigenvalue weighted by Gasteiger charge is 2.27. The number of aryl methyl sites for hydroxylation is 1. The van der Waals surface area contributed by atoms with Crippen molar-refractivity contribution in [1.82, 2.24) is 15.3 Å². The molecular weight excluding hydrogens is 411 g/mol. The van der Waals surface area contributed by atoms with Gasteiger partial charge in [-0.05, 0) is 30.2 Å². The molecule has 1 aromatic carbocycles. The monoisotopic (exact) mass is 422 g/mol. The van der Waals surface area contributed by atoms with Gasteiger partial charge in [-0.2, -0.15) is 13.2 Å². The number of amides is 2. The molecule has 2 N–H and O–H groups in total. The zero-order valence-electron chi connectivity index (χ0n) is 14.1. The molecule has 3 aromatic rings. The molecule has 6 nitrogen and oxygen atoms in total. The maximum absolute atomic E-state index is 12.9. The maximum atomic E-state index is 12.9. The lowest BCUT2D eigenvalue weighted by atomic mass is 10.2. The minimum absolute atomic E-state index is 0.0266. The van der Waals surface area contributed by atoms with Gasteiger partial charge in [-0.1, -0.05) is 0 Å². The molecule has 0 aliphatic rings. The van der Waals surface area contributed by atoms with Gasteiger partial charge < -0.3 is 15.1 Å². The number of halogens is 6. The van der Waals surface area contributed by atoms with Crippen LogP contribution >= 0.6 is 11.6 Å². The number of rotatable bonds is 2. The number of furan rings is 1. The molecule has 0 fully saturated rings. The van der Waals surface area contributed by atoms with Crippen LogP contribution in [0.4, 0.5) is 32.4 Å². The fraction of sp³-hybridized carbons (Fsp3) is 0.188. The van der Waals surface area contributed by atoms with Gasteiger partial charge in [-0.3, -0.25) is 0 Å². The van der Waals surface area contributed by atoms with Gasteiger partial charge in [0, 0.05) is 11.5 Å². The summed E-state index contributed by atoms with van der Waals surface area (Å²) in [6.07, 6.45) is -0.702. The summed E-state index contributed by atoms with van der Waals surface area (Å²) in [5.41, 5.74) is 1.00. The van der Waals surface area contributed by atoms with Crippen LogP contribution in [0, 0.1) is 18.6 Å². The van der Waals surface area contributed by atoms with Crippen molar-refractivity contribution in [3.8, 4) is 0 Å². The van der Waals surface area contributed by atoms with Crippen LogP contribution in [-0.4, -0.2) is 28.7 Å². The highest BCUT2D eigenvalue weighted by Crippen LogP contribution is 2.24. The third-order valence-corrected chi connectivity index (χ3v) is 3.31. The highest BCUT2D eigenvalue weighted by atomic mass is 35.5. The first-order chi connectivity index (χ1) is 13.0. The smallest absolute Gasteiger partial charge is 0.405 e. The number of aromatic nitrogens is 2. The molecule has 0 radical (unpaired) electrons. The standard InChI is InChI=1S/C9H6F2O.C7H6ClF3N4O/c1-5-4-12-9-7(5)2-6(10)3-8(9)11;8-5-12-1-4(2-13-5)15-6(16)14-3-7(9,10)11/h2-4H,1H3;1-2H,3H2,(H2,14,15,16). The van der Waals surface area contributed by atoms with Crippen molar-refractivity contribution in [3.05, 3.63) is 53.3 Å². The lowest BCUT2D eigenvalue weighted by Gasteiger charge is -2.09. The first-order valence-electron chi connectivity index (χ1n) is 7.47. The summed E-state index contributed by atoms with van der Waals surface area (Å²) in [5.74, 6) is -1.23. The summed E-state index contributed by atoms with van der Waals surface area (Å²) in [6, 6.07) is 1.07. The zero-order valence-corrected chi connectivity index (χ0v) is 14.8. The molecule has 0 saturated carbocycles. The van der Waals surface area contributed by atoms with Crippen LogP contribution < -0.4 is 10.6 Å². The van der Waals surface area contributed by atoms with Crippen molar-refractivity contribution < 1.29 is 31.2 Å². The number of benzene rings is 1. The SMILES string of the molecule is Cc1coc2c(F)cc(F)cc12.O=C(NCC(F)(F)F)Nc1cnc(Cl)nc1. The van der Waals surface area contributed by atoms with E-state index in [9.17, 15) is 26.7 Å². The summed E-state index contributed by atoms with van der Waals surface area (Å²) in [4.78, 5) is 18.0. The molecule has 0 spiro atoms. The number of carbonyl (C=O) groups is 1. The number of carbonyl (C=O) groups excluding carboxylic acids is 1. The minimum atomic E-state index is -4.45. The molecule has 2 amide bonds. The van der Waals surface area contributed by atoms with E-state index in [1.54, 1.807) is 12.2 Å². The van der Waals surface area contributed by atoms with Gasteiger partial charge in [-0.15, -0.1) is 0 Å². The molecule has 2 heterocycles. The molecule has 0 atom stereocenters. The zero-order chi connectivity index (χ0) is 20.9. The summed E-state index contributed by atoms with van der Waals surface area (Å²) in [6.45, 7) is 0.331. The predicted molar refractivity (Wildman–Crippen MR) is 91.0 cm³/mol. The Morgan fingerprint density at radius 1 is 1.21 bits per heavy atom. The van der Waals surface area contributed by atoms with Crippen LogP contribution in [0.1, 0.15) is 5.56 Å². The number of nitrogens with one attached hydrogen (secondary N) is 2. The van der Waals surface area contributed by atoms with Gasteiger partial charge in [0.25, 0.3) is 0 Å². The van der Waals surface area contributed by atoms with Crippen molar-refractivity contribution in [2.24, 2.45) is 0 Å². The molecular formula is C16H12ClF5N4O2. The maximum Gasteiger partial charge on any atom is 0.405 e. The van der Waals surface area contributed by atoms with Gasteiger partial charge in [0.2, 0.25) is 5.28 Å². The fourth-order valence-corrected chi connectivity index (χ4v) is 2.01. The van der Waals surface area contributed by atoms with Crippen LogP contribution in [-0.2, 0) is 0 Å².